The first-order valence-corrected chi connectivity index (χ1v) is 9.09. The molecule has 6 nitrogen and oxygen atoms in total. The molecule has 1 amide bonds. The second kappa shape index (κ2) is 8.22. The monoisotopic (exact) mass is 365 g/mol. The number of carbonyl (C=O) groups excluding carboxylic acids is 1. The van der Waals surface area contributed by atoms with Crippen molar-refractivity contribution in [3.8, 4) is 11.4 Å². The Morgan fingerprint density at radius 2 is 1.78 bits per heavy atom. The van der Waals surface area contributed by atoms with Crippen LogP contribution in [0.4, 0.5) is 0 Å². The normalized spacial score (nSPS) is 11.1. The van der Waals surface area contributed by atoms with Crippen molar-refractivity contribution in [3.05, 3.63) is 66.0 Å². The van der Waals surface area contributed by atoms with Gasteiger partial charge in [-0.15, -0.1) is 0 Å². The fourth-order valence-corrected chi connectivity index (χ4v) is 3.06. The van der Waals surface area contributed by atoms with Gasteiger partial charge in [-0.25, -0.2) is 0 Å². The van der Waals surface area contributed by atoms with E-state index < -0.39 is 0 Å². The van der Waals surface area contributed by atoms with Crippen molar-refractivity contribution in [1.82, 2.24) is 24.1 Å². The molecule has 6 heteroatoms. The number of likely N-dealkylation sites (N-methyl/N-ethyl adjacent to an activating group) is 1. The van der Waals surface area contributed by atoms with Gasteiger partial charge < -0.3 is 14.4 Å². The van der Waals surface area contributed by atoms with Crippen LogP contribution in [0.5, 0.6) is 0 Å². The Labute approximate surface area is 160 Å². The van der Waals surface area contributed by atoms with E-state index in [9.17, 15) is 4.79 Å². The van der Waals surface area contributed by atoms with Gasteiger partial charge in [0.05, 0.1) is 5.69 Å². The third kappa shape index (κ3) is 4.46. The van der Waals surface area contributed by atoms with Gasteiger partial charge in [0.25, 0.3) is 5.91 Å². The maximum absolute atomic E-state index is 13.3. The topological polar surface area (TPSA) is 46.3 Å². The van der Waals surface area contributed by atoms with E-state index in [1.165, 1.54) is 0 Å². The summed E-state index contributed by atoms with van der Waals surface area (Å²) in [7, 11) is 7.84. The van der Waals surface area contributed by atoms with Gasteiger partial charge in [0.1, 0.15) is 11.4 Å². The molecule has 0 aliphatic carbocycles. The van der Waals surface area contributed by atoms with E-state index in [1.807, 2.05) is 80.3 Å². The van der Waals surface area contributed by atoms with Crippen molar-refractivity contribution in [1.29, 1.82) is 0 Å². The van der Waals surface area contributed by atoms with Gasteiger partial charge >= 0.3 is 0 Å². The van der Waals surface area contributed by atoms with Crippen molar-refractivity contribution < 1.29 is 4.79 Å². The number of benzene rings is 1. The van der Waals surface area contributed by atoms with Crippen LogP contribution < -0.4 is 0 Å². The van der Waals surface area contributed by atoms with Gasteiger partial charge in [-0.2, -0.15) is 5.10 Å². The molecule has 3 rings (SSSR count). The lowest BCUT2D eigenvalue weighted by molar-refractivity contribution is 0.0721. The summed E-state index contributed by atoms with van der Waals surface area (Å²) in [4.78, 5) is 17.3. The van der Waals surface area contributed by atoms with Crippen LogP contribution in [0.2, 0.25) is 0 Å². The predicted octanol–water partition coefficient (Wildman–Crippen LogP) is 2.63. The van der Waals surface area contributed by atoms with Crippen molar-refractivity contribution in [2.75, 3.05) is 27.2 Å². The standard InChI is InChI=1S/C21H27N5O/c1-23(2)13-14-26(16-17-9-6-5-7-10-17)21(27)20-15-18(22-25(20)4)19-11-8-12-24(19)3/h5-12,15H,13-14,16H2,1-4H3. The molecule has 2 aromatic heterocycles. The fourth-order valence-electron chi connectivity index (χ4n) is 3.06. The number of amides is 1. The second-order valence-corrected chi connectivity index (χ2v) is 7.06. The number of nitrogens with zero attached hydrogens (tertiary/aromatic N) is 5. The molecule has 27 heavy (non-hydrogen) atoms. The first-order valence-electron chi connectivity index (χ1n) is 9.09. The van der Waals surface area contributed by atoms with E-state index in [2.05, 4.69) is 22.1 Å². The zero-order valence-corrected chi connectivity index (χ0v) is 16.5. The molecule has 0 aliphatic heterocycles. The number of hydrogen-bond acceptors (Lipinski definition) is 3. The molecule has 0 unspecified atom stereocenters. The summed E-state index contributed by atoms with van der Waals surface area (Å²) in [6.45, 7) is 2.05. The van der Waals surface area contributed by atoms with Crippen molar-refractivity contribution >= 4 is 5.91 Å². The number of rotatable bonds is 7. The molecular formula is C21H27N5O. The lowest BCUT2D eigenvalue weighted by atomic mass is 10.2. The molecule has 0 saturated heterocycles. The van der Waals surface area contributed by atoms with Crippen molar-refractivity contribution in [2.24, 2.45) is 14.1 Å². The predicted molar refractivity (Wildman–Crippen MR) is 107 cm³/mol. The number of carbonyl (C=O) groups is 1. The SMILES string of the molecule is CN(C)CCN(Cc1ccccc1)C(=O)c1cc(-c2cccn2C)nn1C. The fraction of sp³-hybridized carbons (Fsp3) is 0.333. The maximum atomic E-state index is 13.3. The molecule has 0 aliphatic rings. The van der Waals surface area contributed by atoms with Crippen LogP contribution in [-0.4, -0.2) is 57.2 Å². The quantitative estimate of drug-likeness (QED) is 0.647. The van der Waals surface area contributed by atoms with Gasteiger partial charge in [0, 0.05) is 39.9 Å². The third-order valence-corrected chi connectivity index (χ3v) is 4.63. The number of aromatic nitrogens is 3. The molecule has 2 heterocycles. The molecule has 0 saturated carbocycles. The van der Waals surface area contributed by atoms with E-state index >= 15 is 0 Å². The zero-order chi connectivity index (χ0) is 19.4. The van der Waals surface area contributed by atoms with Crippen LogP contribution in [0.25, 0.3) is 11.4 Å². The van der Waals surface area contributed by atoms with Crippen LogP contribution in [-0.2, 0) is 20.6 Å². The minimum absolute atomic E-state index is 0.00355. The molecule has 1 aromatic carbocycles. The van der Waals surface area contributed by atoms with E-state index in [0.29, 0.717) is 18.8 Å². The Morgan fingerprint density at radius 3 is 2.41 bits per heavy atom. The minimum Gasteiger partial charge on any atom is -0.349 e. The average molecular weight is 365 g/mol. The molecule has 0 radical (unpaired) electrons. The largest absolute Gasteiger partial charge is 0.349 e. The minimum atomic E-state index is -0.00355. The Hall–Kier alpha value is -2.86. The van der Waals surface area contributed by atoms with Gasteiger partial charge in [-0.05, 0) is 37.9 Å². The van der Waals surface area contributed by atoms with Crippen LogP contribution in [0, 0.1) is 0 Å². The highest BCUT2D eigenvalue weighted by Gasteiger charge is 2.21. The molecule has 0 atom stereocenters. The van der Waals surface area contributed by atoms with Crippen LogP contribution >= 0.6 is 0 Å². The highest BCUT2D eigenvalue weighted by molar-refractivity contribution is 5.93. The number of aryl methyl sites for hydroxylation is 2. The van der Waals surface area contributed by atoms with Crippen molar-refractivity contribution in [3.63, 3.8) is 0 Å². The molecule has 0 spiro atoms. The van der Waals surface area contributed by atoms with E-state index in [0.717, 1.165) is 23.5 Å². The molecule has 0 fully saturated rings. The molecule has 0 bridgehead atoms. The van der Waals surface area contributed by atoms with Gasteiger partial charge in [-0.3, -0.25) is 9.48 Å². The first-order chi connectivity index (χ1) is 13.0. The lowest BCUT2D eigenvalue weighted by Crippen LogP contribution is -2.37. The summed E-state index contributed by atoms with van der Waals surface area (Å²) < 4.78 is 3.68. The highest BCUT2D eigenvalue weighted by Crippen LogP contribution is 2.20. The highest BCUT2D eigenvalue weighted by atomic mass is 16.2. The Bertz CT molecular complexity index is 894. The van der Waals surface area contributed by atoms with Crippen LogP contribution in [0.1, 0.15) is 16.1 Å². The maximum Gasteiger partial charge on any atom is 0.272 e. The molecule has 3 aromatic rings. The van der Waals surface area contributed by atoms with Gasteiger partial charge in [-0.1, -0.05) is 30.3 Å². The summed E-state index contributed by atoms with van der Waals surface area (Å²) in [5, 5.41) is 4.56. The molecule has 142 valence electrons. The second-order valence-electron chi connectivity index (χ2n) is 7.06. The summed E-state index contributed by atoms with van der Waals surface area (Å²) in [5.74, 6) is -0.00355. The smallest absolute Gasteiger partial charge is 0.272 e. The average Bonchev–Trinajstić information content (AvgIpc) is 3.24. The molecular weight excluding hydrogens is 338 g/mol. The van der Waals surface area contributed by atoms with E-state index in [1.54, 1.807) is 4.68 Å². The molecule has 0 N–H and O–H groups in total. The number of hydrogen-bond donors (Lipinski definition) is 0. The van der Waals surface area contributed by atoms with E-state index in [-0.39, 0.29) is 5.91 Å². The zero-order valence-electron chi connectivity index (χ0n) is 16.5. The lowest BCUT2D eigenvalue weighted by Gasteiger charge is -2.24. The van der Waals surface area contributed by atoms with Gasteiger partial charge in [0.15, 0.2) is 0 Å². The van der Waals surface area contributed by atoms with E-state index in [4.69, 9.17) is 0 Å². The Balaban J connectivity index is 1.86. The van der Waals surface area contributed by atoms with Crippen LogP contribution in [0.15, 0.2) is 54.7 Å². The van der Waals surface area contributed by atoms with Crippen LogP contribution in [0.3, 0.4) is 0 Å². The summed E-state index contributed by atoms with van der Waals surface area (Å²) in [5.41, 5.74) is 3.52. The summed E-state index contributed by atoms with van der Waals surface area (Å²) in [6.07, 6.45) is 1.98. The summed E-state index contributed by atoms with van der Waals surface area (Å²) >= 11 is 0. The Kier molecular flexibility index (Phi) is 5.76. The summed E-state index contributed by atoms with van der Waals surface area (Å²) in [6, 6.07) is 16.0. The third-order valence-electron chi connectivity index (χ3n) is 4.63. The first kappa shape index (κ1) is 18.9. The van der Waals surface area contributed by atoms with Gasteiger partial charge in [0.2, 0.25) is 0 Å². The Morgan fingerprint density at radius 1 is 1.04 bits per heavy atom. The van der Waals surface area contributed by atoms with Crippen molar-refractivity contribution in [2.45, 2.75) is 6.54 Å².